The third kappa shape index (κ3) is 7.10. The molecule has 0 unspecified atom stereocenters. The number of benzene rings is 2. The number of hydrogen-bond donors (Lipinski definition) is 1. The SMILES string of the molecule is COc1ccc(CCN(C(=O)CCl)[C@H](C(=O)NC2CCCCCC2)c2ccccc2F)cc1OC. The van der Waals surface area contributed by atoms with Crippen molar-refractivity contribution in [1.82, 2.24) is 10.2 Å². The topological polar surface area (TPSA) is 67.9 Å². The summed E-state index contributed by atoms with van der Waals surface area (Å²) in [5.41, 5.74) is 1.04. The molecular weight excluding hydrogens is 471 g/mol. The van der Waals surface area contributed by atoms with Gasteiger partial charge in [0.1, 0.15) is 17.7 Å². The van der Waals surface area contributed by atoms with Crippen LogP contribution in [0.4, 0.5) is 4.39 Å². The number of carbonyl (C=O) groups is 2. The number of nitrogens with zero attached hydrogens (tertiary/aromatic N) is 1. The fourth-order valence-corrected chi connectivity index (χ4v) is 4.77. The number of carbonyl (C=O) groups excluding carboxylic acids is 2. The molecular formula is C27H34ClFN2O4. The van der Waals surface area contributed by atoms with E-state index in [1.54, 1.807) is 38.5 Å². The van der Waals surface area contributed by atoms with E-state index in [4.69, 9.17) is 21.1 Å². The number of halogens is 2. The summed E-state index contributed by atoms with van der Waals surface area (Å²) in [6.45, 7) is 0.179. The number of ether oxygens (including phenoxy) is 2. The molecule has 6 nitrogen and oxygen atoms in total. The van der Waals surface area contributed by atoms with Crippen molar-refractivity contribution < 1.29 is 23.5 Å². The maximum Gasteiger partial charge on any atom is 0.247 e. The van der Waals surface area contributed by atoms with Gasteiger partial charge in [-0.15, -0.1) is 11.6 Å². The van der Waals surface area contributed by atoms with E-state index in [9.17, 15) is 14.0 Å². The molecule has 35 heavy (non-hydrogen) atoms. The summed E-state index contributed by atoms with van der Waals surface area (Å²) in [7, 11) is 3.11. The van der Waals surface area contributed by atoms with Crippen LogP contribution >= 0.6 is 11.6 Å². The fourth-order valence-electron chi connectivity index (χ4n) is 4.61. The second kappa shape index (κ2) is 13.3. The number of hydrogen-bond acceptors (Lipinski definition) is 4. The van der Waals surface area contributed by atoms with Gasteiger partial charge in [-0.25, -0.2) is 4.39 Å². The van der Waals surface area contributed by atoms with Gasteiger partial charge in [-0.1, -0.05) is 49.9 Å². The zero-order valence-electron chi connectivity index (χ0n) is 20.4. The molecule has 0 saturated heterocycles. The van der Waals surface area contributed by atoms with Gasteiger partial charge in [0.05, 0.1) is 14.2 Å². The Morgan fingerprint density at radius 3 is 2.37 bits per heavy atom. The lowest BCUT2D eigenvalue weighted by atomic mass is 10.0. The minimum absolute atomic E-state index is 0.0121. The Hall–Kier alpha value is -2.80. The lowest BCUT2D eigenvalue weighted by molar-refractivity contribution is -0.139. The van der Waals surface area contributed by atoms with Crippen molar-refractivity contribution in [2.24, 2.45) is 0 Å². The molecule has 0 spiro atoms. The summed E-state index contributed by atoms with van der Waals surface area (Å²) in [4.78, 5) is 27.9. The number of amides is 2. The van der Waals surface area contributed by atoms with E-state index in [1.165, 1.54) is 11.0 Å². The van der Waals surface area contributed by atoms with Crippen molar-refractivity contribution in [3.63, 3.8) is 0 Å². The number of rotatable bonds is 10. The lowest BCUT2D eigenvalue weighted by Gasteiger charge is -2.32. The lowest BCUT2D eigenvalue weighted by Crippen LogP contribution is -2.48. The molecule has 1 atom stereocenters. The first kappa shape index (κ1) is 26.8. The molecule has 1 fully saturated rings. The van der Waals surface area contributed by atoms with Crippen molar-refractivity contribution in [3.05, 3.63) is 59.4 Å². The van der Waals surface area contributed by atoms with Gasteiger partial charge in [-0.2, -0.15) is 0 Å². The van der Waals surface area contributed by atoms with E-state index >= 15 is 0 Å². The molecule has 1 saturated carbocycles. The largest absolute Gasteiger partial charge is 0.493 e. The maximum atomic E-state index is 14.9. The average Bonchev–Trinajstić information content (AvgIpc) is 3.15. The molecule has 2 aromatic rings. The number of nitrogens with one attached hydrogen (secondary N) is 1. The molecule has 3 rings (SSSR count). The van der Waals surface area contributed by atoms with E-state index in [-0.39, 0.29) is 29.9 Å². The second-order valence-electron chi connectivity index (χ2n) is 8.78. The van der Waals surface area contributed by atoms with Crippen LogP contribution in [0.15, 0.2) is 42.5 Å². The predicted molar refractivity (Wildman–Crippen MR) is 134 cm³/mol. The van der Waals surface area contributed by atoms with Crippen LogP contribution in [-0.4, -0.2) is 49.4 Å². The van der Waals surface area contributed by atoms with Gasteiger partial charge in [0.15, 0.2) is 11.5 Å². The van der Waals surface area contributed by atoms with E-state index < -0.39 is 17.8 Å². The molecule has 0 bridgehead atoms. The van der Waals surface area contributed by atoms with E-state index in [1.807, 2.05) is 12.1 Å². The van der Waals surface area contributed by atoms with Crippen LogP contribution in [0, 0.1) is 5.82 Å². The highest BCUT2D eigenvalue weighted by molar-refractivity contribution is 6.27. The number of alkyl halides is 1. The Morgan fingerprint density at radius 1 is 1.06 bits per heavy atom. The molecule has 0 heterocycles. The average molecular weight is 505 g/mol. The summed E-state index contributed by atoms with van der Waals surface area (Å²) in [6, 6.07) is 10.5. The summed E-state index contributed by atoms with van der Waals surface area (Å²) >= 11 is 5.95. The van der Waals surface area contributed by atoms with Gasteiger partial charge < -0.3 is 19.7 Å². The molecule has 2 amide bonds. The highest BCUT2D eigenvalue weighted by atomic mass is 35.5. The van der Waals surface area contributed by atoms with Crippen LogP contribution in [0.25, 0.3) is 0 Å². The Labute approximate surface area is 211 Å². The third-order valence-corrected chi connectivity index (χ3v) is 6.71. The highest BCUT2D eigenvalue weighted by Crippen LogP contribution is 2.29. The van der Waals surface area contributed by atoms with E-state index in [0.717, 1.165) is 44.1 Å². The normalized spacial score (nSPS) is 15.1. The molecule has 1 aliphatic carbocycles. The standard InChI is InChI=1S/C27H34ClFN2O4/c1-34-23-14-13-19(17-24(23)35-2)15-16-31(25(32)18-28)26(21-11-7-8-12-22(21)29)27(33)30-20-9-5-3-4-6-10-20/h7-8,11-14,17,20,26H,3-6,9-10,15-16,18H2,1-2H3,(H,30,33)/t26-/m0/s1. The molecule has 0 radical (unpaired) electrons. The van der Waals surface area contributed by atoms with Crippen molar-refractivity contribution in [2.75, 3.05) is 26.6 Å². The van der Waals surface area contributed by atoms with Gasteiger partial charge in [0.25, 0.3) is 0 Å². The zero-order chi connectivity index (χ0) is 25.2. The van der Waals surface area contributed by atoms with Crippen LogP contribution < -0.4 is 14.8 Å². The van der Waals surface area contributed by atoms with Crippen LogP contribution in [0.5, 0.6) is 11.5 Å². The quantitative estimate of drug-likeness (QED) is 0.364. The molecule has 2 aromatic carbocycles. The summed E-state index contributed by atoms with van der Waals surface area (Å²) in [6.07, 6.45) is 6.55. The monoisotopic (exact) mass is 504 g/mol. The minimum Gasteiger partial charge on any atom is -0.493 e. The van der Waals surface area contributed by atoms with Crippen molar-refractivity contribution >= 4 is 23.4 Å². The Bertz CT molecular complexity index is 995. The smallest absolute Gasteiger partial charge is 0.247 e. The van der Waals surface area contributed by atoms with E-state index in [2.05, 4.69) is 5.32 Å². The summed E-state index contributed by atoms with van der Waals surface area (Å²) in [5, 5.41) is 3.10. The van der Waals surface area contributed by atoms with Gasteiger partial charge in [0.2, 0.25) is 11.8 Å². The zero-order valence-corrected chi connectivity index (χ0v) is 21.2. The van der Waals surface area contributed by atoms with Crippen molar-refractivity contribution in [2.45, 2.75) is 57.0 Å². The van der Waals surface area contributed by atoms with Gasteiger partial charge >= 0.3 is 0 Å². The third-order valence-electron chi connectivity index (χ3n) is 6.49. The molecule has 1 aliphatic rings. The fraction of sp³-hybridized carbons (Fsp3) is 0.481. The van der Waals surface area contributed by atoms with Crippen LogP contribution in [-0.2, 0) is 16.0 Å². The highest BCUT2D eigenvalue weighted by Gasteiger charge is 2.34. The van der Waals surface area contributed by atoms with Gasteiger partial charge in [-0.05, 0) is 43.0 Å². The molecule has 190 valence electrons. The van der Waals surface area contributed by atoms with Gasteiger partial charge in [0, 0.05) is 18.2 Å². The van der Waals surface area contributed by atoms with Crippen LogP contribution in [0.2, 0.25) is 0 Å². The number of methoxy groups -OCH3 is 2. The predicted octanol–water partition coefficient (Wildman–Crippen LogP) is 5.03. The first-order valence-corrected chi connectivity index (χ1v) is 12.6. The Morgan fingerprint density at radius 2 is 1.74 bits per heavy atom. The van der Waals surface area contributed by atoms with Gasteiger partial charge in [-0.3, -0.25) is 9.59 Å². The van der Waals surface area contributed by atoms with Crippen LogP contribution in [0.1, 0.15) is 55.7 Å². The first-order valence-electron chi connectivity index (χ1n) is 12.1. The minimum atomic E-state index is -1.12. The summed E-state index contributed by atoms with van der Waals surface area (Å²) in [5.74, 6) is -0.502. The Kier molecular flexibility index (Phi) is 10.2. The molecule has 0 aliphatic heterocycles. The van der Waals surface area contributed by atoms with Crippen molar-refractivity contribution in [1.29, 1.82) is 0 Å². The first-order chi connectivity index (χ1) is 17.0. The Balaban J connectivity index is 1.89. The maximum absolute atomic E-state index is 14.9. The summed E-state index contributed by atoms with van der Waals surface area (Å²) < 4.78 is 25.6. The van der Waals surface area contributed by atoms with Crippen LogP contribution in [0.3, 0.4) is 0 Å². The molecule has 1 N–H and O–H groups in total. The van der Waals surface area contributed by atoms with E-state index in [0.29, 0.717) is 17.9 Å². The molecule has 8 heteroatoms. The second-order valence-corrected chi connectivity index (χ2v) is 9.05. The van der Waals surface area contributed by atoms with Crippen molar-refractivity contribution in [3.8, 4) is 11.5 Å². The molecule has 0 aromatic heterocycles.